The topological polar surface area (TPSA) is 83.0 Å². The van der Waals surface area contributed by atoms with Gasteiger partial charge in [0.2, 0.25) is 11.9 Å². The molecule has 4 heterocycles. The molecule has 2 aromatic heterocycles. The zero-order valence-corrected chi connectivity index (χ0v) is 18.7. The molecule has 5 rings (SSSR count). The highest BCUT2D eigenvalue weighted by atomic mass is 19.1. The molecule has 1 aromatic carbocycles. The maximum atomic E-state index is 13.4. The minimum atomic E-state index is -0.914. The minimum Gasteiger partial charge on any atom is -0.507 e. The van der Waals surface area contributed by atoms with Gasteiger partial charge in [0.1, 0.15) is 11.6 Å². The average Bonchev–Trinajstić information content (AvgIpc) is 2.99. The van der Waals surface area contributed by atoms with Gasteiger partial charge in [-0.2, -0.15) is 13.8 Å². The molecule has 3 aromatic rings. The summed E-state index contributed by atoms with van der Waals surface area (Å²) in [5.41, 5.74) is 2.22. The molecule has 8 heteroatoms. The molecule has 2 aliphatic rings. The third-order valence-corrected chi connectivity index (χ3v) is 6.92. The van der Waals surface area contributed by atoms with Crippen LogP contribution in [0.2, 0.25) is 0 Å². The summed E-state index contributed by atoms with van der Waals surface area (Å²) in [5, 5.41) is 26.2. The highest BCUT2D eigenvalue weighted by Crippen LogP contribution is 2.44. The number of rotatable bonds is 5. The Labute approximate surface area is 191 Å². The van der Waals surface area contributed by atoms with Crippen LogP contribution in [-0.4, -0.2) is 37.9 Å². The quantitative estimate of drug-likeness (QED) is 0.478. The fraction of sp³-hybridized carbons (Fsp3) is 0.400. The maximum absolute atomic E-state index is 13.4. The number of nitrogens with zero attached hydrogens (tertiary/aromatic N) is 3. The maximum Gasteiger partial charge on any atom is 0.216 e. The Kier molecular flexibility index (Phi) is 5.28. The van der Waals surface area contributed by atoms with Crippen molar-refractivity contribution in [2.24, 2.45) is 5.92 Å². The van der Waals surface area contributed by atoms with Crippen LogP contribution in [-0.2, 0) is 0 Å². The zero-order chi connectivity index (χ0) is 23.2. The van der Waals surface area contributed by atoms with Crippen molar-refractivity contribution < 1.29 is 13.9 Å². The lowest BCUT2D eigenvalue weighted by molar-refractivity contribution is 0.178. The predicted molar refractivity (Wildman–Crippen MR) is 123 cm³/mol. The number of anilines is 1. The molecular weight excluding hydrogens is 424 g/mol. The number of halogens is 2. The lowest BCUT2D eigenvalue weighted by Gasteiger charge is -2.42. The number of aromatic hydroxyl groups is 1. The summed E-state index contributed by atoms with van der Waals surface area (Å²) in [6.07, 6.45) is 4.74. The number of hydrogen-bond donors (Lipinski definition) is 3. The molecule has 2 saturated heterocycles. The van der Waals surface area contributed by atoms with Gasteiger partial charge in [0, 0.05) is 35.3 Å². The van der Waals surface area contributed by atoms with Crippen molar-refractivity contribution in [3.05, 3.63) is 54.4 Å². The molecule has 2 atom stereocenters. The number of benzene rings is 1. The van der Waals surface area contributed by atoms with Crippen LogP contribution in [0.1, 0.15) is 39.5 Å². The van der Waals surface area contributed by atoms with E-state index in [4.69, 9.17) is 0 Å². The largest absolute Gasteiger partial charge is 0.507 e. The fourth-order valence-corrected chi connectivity index (χ4v) is 5.58. The number of hydrogen-bond acceptors (Lipinski definition) is 6. The monoisotopic (exact) mass is 451 g/mol. The van der Waals surface area contributed by atoms with Crippen LogP contribution >= 0.6 is 0 Å². The number of fused-ring (bicyclic) bond motifs is 2. The van der Waals surface area contributed by atoms with E-state index in [-0.39, 0.29) is 16.8 Å². The first-order valence-electron chi connectivity index (χ1n) is 11.2. The summed E-state index contributed by atoms with van der Waals surface area (Å²) in [7, 11) is 0. The second kappa shape index (κ2) is 8.02. The molecule has 0 spiro atoms. The third-order valence-electron chi connectivity index (χ3n) is 6.92. The van der Waals surface area contributed by atoms with Gasteiger partial charge in [0.25, 0.3) is 0 Å². The Hall–Kier alpha value is -3.13. The number of phenols is 1. The van der Waals surface area contributed by atoms with E-state index in [0.717, 1.165) is 31.5 Å². The molecule has 0 amide bonds. The Morgan fingerprint density at radius 2 is 1.67 bits per heavy atom. The lowest BCUT2D eigenvalue weighted by atomic mass is 9.80. The van der Waals surface area contributed by atoms with Crippen molar-refractivity contribution in [3.63, 3.8) is 0 Å². The van der Waals surface area contributed by atoms with E-state index in [9.17, 15) is 13.9 Å². The molecule has 172 valence electrons. The Bertz CT molecular complexity index is 1150. The second-order valence-corrected chi connectivity index (χ2v) is 9.94. The average molecular weight is 452 g/mol. The molecule has 6 nitrogen and oxygen atoms in total. The van der Waals surface area contributed by atoms with Crippen molar-refractivity contribution in [3.8, 4) is 28.1 Å². The Morgan fingerprint density at radius 1 is 0.970 bits per heavy atom. The highest BCUT2D eigenvalue weighted by Gasteiger charge is 2.48. The van der Waals surface area contributed by atoms with Crippen molar-refractivity contribution >= 4 is 5.82 Å². The van der Waals surface area contributed by atoms with Gasteiger partial charge in [-0.15, -0.1) is 10.2 Å². The van der Waals surface area contributed by atoms with Gasteiger partial charge in [-0.25, -0.2) is 0 Å². The van der Waals surface area contributed by atoms with Gasteiger partial charge in [-0.1, -0.05) is 6.07 Å². The van der Waals surface area contributed by atoms with E-state index in [1.54, 1.807) is 18.2 Å². The Balaban J connectivity index is 1.27. The molecule has 0 radical (unpaired) electrons. The summed E-state index contributed by atoms with van der Waals surface area (Å²) in [4.78, 5) is 3.09. The first-order chi connectivity index (χ1) is 15.7. The summed E-state index contributed by atoms with van der Waals surface area (Å²) in [6, 6.07) is 10.7. The summed E-state index contributed by atoms with van der Waals surface area (Å²) in [6.45, 7) is 5.48. The molecule has 33 heavy (non-hydrogen) atoms. The van der Waals surface area contributed by atoms with Gasteiger partial charge >= 0.3 is 0 Å². The van der Waals surface area contributed by atoms with E-state index < -0.39 is 11.9 Å². The van der Waals surface area contributed by atoms with E-state index >= 15 is 0 Å². The zero-order valence-electron chi connectivity index (χ0n) is 18.7. The number of aromatic nitrogens is 3. The summed E-state index contributed by atoms with van der Waals surface area (Å²) < 4.78 is 26.8. The van der Waals surface area contributed by atoms with Crippen molar-refractivity contribution in [2.75, 3.05) is 11.9 Å². The van der Waals surface area contributed by atoms with E-state index in [1.807, 2.05) is 6.07 Å². The van der Waals surface area contributed by atoms with E-state index in [2.05, 4.69) is 39.7 Å². The molecule has 3 N–H and O–H groups in total. The van der Waals surface area contributed by atoms with Crippen LogP contribution in [0.15, 0.2) is 42.5 Å². The molecular formula is C25H27F2N5O. The molecule has 0 aliphatic carbocycles. The summed E-state index contributed by atoms with van der Waals surface area (Å²) >= 11 is 0. The standard InChI is InChI=1S/C25H27F2N5O/c1-24-7-8-25(2,32-24)13-15(12-24)14-28-23-6-5-19(30-31-23)18-4-3-16(9-20(18)33)17-10-21(26)29-22(27)11-17/h3-6,9-11,15,32-33H,7-8,12-14H2,1-2H3,(H,28,31). The van der Waals surface area contributed by atoms with Gasteiger partial charge in [-0.3, -0.25) is 0 Å². The molecule has 0 saturated carbocycles. The number of piperidine rings is 1. The second-order valence-electron chi connectivity index (χ2n) is 9.94. The molecule has 2 fully saturated rings. The normalized spacial score (nSPS) is 26.4. The smallest absolute Gasteiger partial charge is 0.216 e. The third kappa shape index (κ3) is 4.53. The number of pyridine rings is 1. The van der Waals surface area contributed by atoms with E-state index in [0.29, 0.717) is 34.1 Å². The lowest BCUT2D eigenvalue weighted by Crippen LogP contribution is -2.54. The van der Waals surface area contributed by atoms with Gasteiger partial charge in [-0.05, 0) is 80.8 Å². The van der Waals surface area contributed by atoms with Crippen molar-refractivity contribution in [1.29, 1.82) is 0 Å². The summed E-state index contributed by atoms with van der Waals surface area (Å²) in [5.74, 6) is -0.610. The number of nitrogens with one attached hydrogen (secondary N) is 2. The minimum absolute atomic E-state index is 0.0493. The fourth-order valence-electron chi connectivity index (χ4n) is 5.58. The van der Waals surface area contributed by atoms with Crippen molar-refractivity contribution in [1.82, 2.24) is 20.5 Å². The molecule has 2 aliphatic heterocycles. The van der Waals surface area contributed by atoms with Crippen LogP contribution in [0.5, 0.6) is 5.75 Å². The number of phenolic OH excluding ortho intramolecular Hbond substituents is 1. The highest BCUT2D eigenvalue weighted by molar-refractivity contribution is 5.74. The Morgan fingerprint density at radius 3 is 2.27 bits per heavy atom. The van der Waals surface area contributed by atoms with Gasteiger partial charge in [0.15, 0.2) is 0 Å². The van der Waals surface area contributed by atoms with Gasteiger partial charge < -0.3 is 15.7 Å². The van der Waals surface area contributed by atoms with E-state index in [1.165, 1.54) is 18.9 Å². The van der Waals surface area contributed by atoms with Crippen LogP contribution in [0.4, 0.5) is 14.6 Å². The SMILES string of the molecule is CC12CCC(C)(CC(CNc3ccc(-c4ccc(-c5cc(F)nc(F)c5)cc4O)nn3)C1)N2. The molecule has 2 bridgehead atoms. The van der Waals surface area contributed by atoms with Crippen molar-refractivity contribution in [2.45, 2.75) is 50.6 Å². The first-order valence-corrected chi connectivity index (χ1v) is 11.2. The van der Waals surface area contributed by atoms with Crippen LogP contribution in [0.3, 0.4) is 0 Å². The van der Waals surface area contributed by atoms with Crippen LogP contribution in [0.25, 0.3) is 22.4 Å². The van der Waals surface area contributed by atoms with Crippen LogP contribution < -0.4 is 10.6 Å². The van der Waals surface area contributed by atoms with Crippen LogP contribution in [0, 0.1) is 17.8 Å². The first kappa shape index (κ1) is 21.7. The van der Waals surface area contributed by atoms with Gasteiger partial charge in [0.05, 0.1) is 5.69 Å². The predicted octanol–water partition coefficient (Wildman–Crippen LogP) is 4.91. The molecule has 2 unspecified atom stereocenters.